The molecule has 1 saturated heterocycles. The molecule has 1 unspecified atom stereocenters. The fraction of sp³-hybridized carbons (Fsp3) is 0.538. The van der Waals surface area contributed by atoms with Gasteiger partial charge in [-0.05, 0) is 13.3 Å². The molecule has 1 fully saturated rings. The molecule has 1 N–H and O–H groups in total. The van der Waals surface area contributed by atoms with Crippen molar-refractivity contribution in [3.8, 4) is 11.3 Å². The van der Waals surface area contributed by atoms with Crippen molar-refractivity contribution in [3.63, 3.8) is 0 Å². The van der Waals surface area contributed by atoms with Crippen LogP contribution >= 0.6 is 0 Å². The predicted octanol–water partition coefficient (Wildman–Crippen LogP) is 0.896. The van der Waals surface area contributed by atoms with Crippen LogP contribution in [-0.2, 0) is 17.8 Å². The van der Waals surface area contributed by atoms with Gasteiger partial charge in [0.25, 0.3) is 0 Å². The van der Waals surface area contributed by atoms with Gasteiger partial charge in [-0.25, -0.2) is 9.48 Å². The van der Waals surface area contributed by atoms with Crippen molar-refractivity contribution in [1.82, 2.24) is 24.8 Å². The summed E-state index contributed by atoms with van der Waals surface area (Å²) in [6, 6.07) is 0. The molecule has 0 bridgehead atoms. The van der Waals surface area contributed by atoms with Crippen molar-refractivity contribution in [2.24, 2.45) is 5.92 Å². The summed E-state index contributed by atoms with van der Waals surface area (Å²) in [5.41, 5.74) is 1.19. The Kier molecular flexibility index (Phi) is 3.70. The molecule has 2 aromatic rings. The van der Waals surface area contributed by atoms with Crippen molar-refractivity contribution < 1.29 is 14.6 Å². The highest BCUT2D eigenvalue weighted by atomic mass is 16.5. The molecule has 8 heteroatoms. The Hall–Kier alpha value is -2.22. The second-order valence-electron chi connectivity index (χ2n) is 5.09. The highest BCUT2D eigenvalue weighted by Gasteiger charge is 2.25. The minimum atomic E-state index is -1.08. The number of carboxylic acid groups (broad SMARTS) is 1. The number of aromatic nitrogens is 5. The molecule has 0 radical (unpaired) electrons. The summed E-state index contributed by atoms with van der Waals surface area (Å²) in [7, 11) is 0. The minimum Gasteiger partial charge on any atom is -0.476 e. The number of ether oxygens (including phenoxy) is 1. The number of hydrogen-bond donors (Lipinski definition) is 1. The summed E-state index contributed by atoms with van der Waals surface area (Å²) in [5, 5.41) is 21.3. The molecular weight excluding hydrogens is 274 g/mol. The van der Waals surface area contributed by atoms with Crippen molar-refractivity contribution in [2.75, 3.05) is 13.2 Å². The number of carbonyl (C=O) groups is 1. The largest absolute Gasteiger partial charge is 0.476 e. The Morgan fingerprint density at radius 3 is 3.05 bits per heavy atom. The normalized spacial score (nSPS) is 18.2. The van der Waals surface area contributed by atoms with Crippen LogP contribution in [0.25, 0.3) is 11.3 Å². The van der Waals surface area contributed by atoms with Crippen LogP contribution in [0.2, 0.25) is 0 Å². The molecule has 0 aromatic carbocycles. The first-order chi connectivity index (χ1) is 10.2. The molecule has 3 heterocycles. The monoisotopic (exact) mass is 291 g/mol. The topological polar surface area (TPSA) is 95.1 Å². The zero-order chi connectivity index (χ0) is 14.8. The van der Waals surface area contributed by atoms with Crippen molar-refractivity contribution in [3.05, 3.63) is 18.1 Å². The molecule has 0 amide bonds. The SMILES string of the molecule is CCn1cc(-c2c(C(=O)O)nnn2CC2CCOC2)cn1. The summed E-state index contributed by atoms with van der Waals surface area (Å²) in [6.45, 7) is 4.72. The lowest BCUT2D eigenvalue weighted by Gasteiger charge is -2.09. The van der Waals surface area contributed by atoms with Crippen molar-refractivity contribution in [2.45, 2.75) is 26.4 Å². The van der Waals surface area contributed by atoms with E-state index in [0.29, 0.717) is 24.8 Å². The van der Waals surface area contributed by atoms with E-state index in [0.717, 1.165) is 25.1 Å². The Morgan fingerprint density at radius 2 is 2.43 bits per heavy atom. The fourth-order valence-corrected chi connectivity index (χ4v) is 2.50. The van der Waals surface area contributed by atoms with Gasteiger partial charge >= 0.3 is 5.97 Å². The van der Waals surface area contributed by atoms with Crippen LogP contribution in [0, 0.1) is 5.92 Å². The van der Waals surface area contributed by atoms with Crippen LogP contribution in [-0.4, -0.2) is 49.1 Å². The maximum Gasteiger partial charge on any atom is 0.358 e. The van der Waals surface area contributed by atoms with Gasteiger partial charge in [0, 0.05) is 37.4 Å². The summed E-state index contributed by atoms with van der Waals surface area (Å²) in [6.07, 6.45) is 4.42. The van der Waals surface area contributed by atoms with E-state index < -0.39 is 5.97 Å². The van der Waals surface area contributed by atoms with Gasteiger partial charge in [-0.2, -0.15) is 5.10 Å². The average molecular weight is 291 g/mol. The summed E-state index contributed by atoms with van der Waals surface area (Å²) in [5.74, 6) is -0.739. The van der Waals surface area contributed by atoms with Crippen molar-refractivity contribution >= 4 is 5.97 Å². The lowest BCUT2D eigenvalue weighted by Crippen LogP contribution is -2.13. The molecule has 0 spiro atoms. The first-order valence-corrected chi connectivity index (χ1v) is 6.96. The van der Waals surface area contributed by atoms with Gasteiger partial charge in [-0.15, -0.1) is 5.10 Å². The first kappa shape index (κ1) is 13.7. The molecule has 1 aliphatic rings. The third kappa shape index (κ3) is 2.66. The van der Waals surface area contributed by atoms with Gasteiger partial charge in [0.15, 0.2) is 5.69 Å². The number of carboxylic acids is 1. The van der Waals surface area contributed by atoms with Crippen LogP contribution in [0.5, 0.6) is 0 Å². The van der Waals surface area contributed by atoms with E-state index in [9.17, 15) is 9.90 Å². The Balaban J connectivity index is 1.97. The number of rotatable bonds is 5. The summed E-state index contributed by atoms with van der Waals surface area (Å²) in [4.78, 5) is 11.4. The fourth-order valence-electron chi connectivity index (χ4n) is 2.50. The molecular formula is C13H17N5O3. The number of aryl methyl sites for hydroxylation is 1. The molecule has 112 valence electrons. The lowest BCUT2D eigenvalue weighted by atomic mass is 10.1. The van der Waals surface area contributed by atoms with E-state index in [4.69, 9.17) is 4.74 Å². The first-order valence-electron chi connectivity index (χ1n) is 6.96. The lowest BCUT2D eigenvalue weighted by molar-refractivity contribution is 0.0691. The number of aromatic carboxylic acids is 1. The Bertz CT molecular complexity index is 642. The van der Waals surface area contributed by atoms with Crippen LogP contribution in [0.1, 0.15) is 23.8 Å². The molecule has 21 heavy (non-hydrogen) atoms. The van der Waals surface area contributed by atoms with E-state index in [1.165, 1.54) is 0 Å². The minimum absolute atomic E-state index is 0.0374. The van der Waals surface area contributed by atoms with Gasteiger partial charge in [0.05, 0.1) is 12.8 Å². The molecule has 0 saturated carbocycles. The molecule has 2 aromatic heterocycles. The van der Waals surface area contributed by atoms with E-state index in [1.54, 1.807) is 15.6 Å². The molecule has 8 nitrogen and oxygen atoms in total. The smallest absolute Gasteiger partial charge is 0.358 e. The van der Waals surface area contributed by atoms with E-state index >= 15 is 0 Å². The number of hydrogen-bond acceptors (Lipinski definition) is 5. The maximum absolute atomic E-state index is 11.4. The third-order valence-corrected chi connectivity index (χ3v) is 3.62. The highest BCUT2D eigenvalue weighted by molar-refractivity contribution is 5.92. The summed E-state index contributed by atoms with van der Waals surface area (Å²) >= 11 is 0. The zero-order valence-corrected chi connectivity index (χ0v) is 11.8. The number of nitrogens with zero attached hydrogens (tertiary/aromatic N) is 5. The van der Waals surface area contributed by atoms with Crippen LogP contribution < -0.4 is 0 Å². The standard InChI is InChI=1S/C13H17N5O3/c1-2-17-7-10(5-14-17)12-11(13(19)20)15-16-18(12)6-9-3-4-21-8-9/h5,7,9H,2-4,6,8H2,1H3,(H,19,20). The average Bonchev–Trinajstić information content (AvgIpc) is 3.18. The molecule has 1 atom stereocenters. The second kappa shape index (κ2) is 5.65. The predicted molar refractivity (Wildman–Crippen MR) is 72.8 cm³/mol. The van der Waals surface area contributed by atoms with Gasteiger partial charge in [-0.3, -0.25) is 4.68 Å². The van der Waals surface area contributed by atoms with Gasteiger partial charge in [-0.1, -0.05) is 5.21 Å². The highest BCUT2D eigenvalue weighted by Crippen LogP contribution is 2.24. The molecule has 3 rings (SSSR count). The van der Waals surface area contributed by atoms with Crippen LogP contribution in [0.4, 0.5) is 0 Å². The summed E-state index contributed by atoms with van der Waals surface area (Å²) < 4.78 is 8.76. The van der Waals surface area contributed by atoms with Gasteiger partial charge in [0.1, 0.15) is 5.69 Å². The van der Waals surface area contributed by atoms with Crippen molar-refractivity contribution in [1.29, 1.82) is 0 Å². The third-order valence-electron chi connectivity index (χ3n) is 3.62. The second-order valence-corrected chi connectivity index (χ2v) is 5.09. The maximum atomic E-state index is 11.4. The van der Waals surface area contributed by atoms with Crippen LogP contribution in [0.3, 0.4) is 0 Å². The molecule has 1 aliphatic heterocycles. The molecule has 0 aliphatic carbocycles. The quantitative estimate of drug-likeness (QED) is 0.879. The van der Waals surface area contributed by atoms with Crippen LogP contribution in [0.15, 0.2) is 12.4 Å². The van der Waals surface area contributed by atoms with Gasteiger partial charge in [0.2, 0.25) is 0 Å². The Labute approximate surface area is 121 Å². The van der Waals surface area contributed by atoms with E-state index in [1.807, 2.05) is 13.1 Å². The Morgan fingerprint density at radius 1 is 1.57 bits per heavy atom. The van der Waals surface area contributed by atoms with E-state index in [2.05, 4.69) is 15.4 Å². The zero-order valence-electron chi connectivity index (χ0n) is 11.8. The van der Waals surface area contributed by atoms with E-state index in [-0.39, 0.29) is 5.69 Å². The van der Waals surface area contributed by atoms with Gasteiger partial charge < -0.3 is 9.84 Å².